The van der Waals surface area contributed by atoms with Crippen LogP contribution in [-0.2, 0) is 16.0 Å². The van der Waals surface area contributed by atoms with Crippen LogP contribution < -0.4 is 5.32 Å². The van der Waals surface area contributed by atoms with E-state index in [4.69, 9.17) is 0 Å². The van der Waals surface area contributed by atoms with Gasteiger partial charge in [-0.2, -0.15) is 0 Å². The Kier molecular flexibility index (Phi) is 8.28. The van der Waals surface area contributed by atoms with Crippen molar-refractivity contribution < 1.29 is 9.59 Å². The molecular weight excluding hydrogens is 412 g/mol. The standard InChI is InChI=1S/C27H34N4O2/c32-26(31-20-18-29(19-21-31)15-7-12-23-8-3-1-4-9-23)22-25-27(33)28-14-17-30(25)16-13-24-10-5-2-6-11-24/h1-12,25H,13-22H2,(H,28,33). The van der Waals surface area contributed by atoms with Crippen LogP contribution in [0.4, 0.5) is 0 Å². The Morgan fingerprint density at radius 3 is 2.36 bits per heavy atom. The molecule has 4 rings (SSSR count). The van der Waals surface area contributed by atoms with Gasteiger partial charge in [-0.15, -0.1) is 0 Å². The van der Waals surface area contributed by atoms with Gasteiger partial charge in [-0.05, 0) is 17.5 Å². The highest BCUT2D eigenvalue weighted by molar-refractivity contribution is 5.88. The van der Waals surface area contributed by atoms with Gasteiger partial charge in [0.25, 0.3) is 0 Å². The number of carbonyl (C=O) groups excluding carboxylic acids is 2. The predicted octanol–water partition coefficient (Wildman–Crippen LogP) is 2.28. The van der Waals surface area contributed by atoms with E-state index >= 15 is 0 Å². The highest BCUT2D eigenvalue weighted by Crippen LogP contribution is 2.14. The van der Waals surface area contributed by atoms with Gasteiger partial charge in [-0.3, -0.25) is 19.4 Å². The Labute approximate surface area is 196 Å². The van der Waals surface area contributed by atoms with Gasteiger partial charge in [0.1, 0.15) is 0 Å². The first-order valence-electron chi connectivity index (χ1n) is 12.0. The van der Waals surface area contributed by atoms with Gasteiger partial charge in [-0.25, -0.2) is 0 Å². The number of carbonyl (C=O) groups is 2. The monoisotopic (exact) mass is 446 g/mol. The Balaban J connectivity index is 1.24. The molecule has 0 bridgehead atoms. The number of hydrogen-bond donors (Lipinski definition) is 1. The van der Waals surface area contributed by atoms with Gasteiger partial charge in [0.2, 0.25) is 11.8 Å². The lowest BCUT2D eigenvalue weighted by Gasteiger charge is -2.38. The Bertz CT molecular complexity index is 924. The summed E-state index contributed by atoms with van der Waals surface area (Å²) in [6, 6.07) is 20.2. The molecule has 2 amide bonds. The molecule has 0 aliphatic carbocycles. The van der Waals surface area contributed by atoms with Crippen LogP contribution >= 0.6 is 0 Å². The maximum Gasteiger partial charge on any atom is 0.237 e. The maximum absolute atomic E-state index is 13.0. The van der Waals surface area contributed by atoms with E-state index in [0.717, 1.165) is 52.2 Å². The van der Waals surface area contributed by atoms with Crippen molar-refractivity contribution in [2.45, 2.75) is 18.9 Å². The molecule has 174 valence electrons. The number of nitrogens with zero attached hydrogens (tertiary/aromatic N) is 3. The van der Waals surface area contributed by atoms with Crippen molar-refractivity contribution in [1.82, 2.24) is 20.0 Å². The highest BCUT2D eigenvalue weighted by Gasteiger charge is 2.33. The normalized spacial score (nSPS) is 20.2. The zero-order valence-corrected chi connectivity index (χ0v) is 19.2. The summed E-state index contributed by atoms with van der Waals surface area (Å²) in [5.41, 5.74) is 2.46. The van der Waals surface area contributed by atoms with Crippen LogP contribution in [0.2, 0.25) is 0 Å². The lowest BCUT2D eigenvalue weighted by Crippen LogP contribution is -2.58. The van der Waals surface area contributed by atoms with Gasteiger partial charge >= 0.3 is 0 Å². The second-order valence-corrected chi connectivity index (χ2v) is 8.78. The number of rotatable bonds is 8. The van der Waals surface area contributed by atoms with E-state index in [-0.39, 0.29) is 24.3 Å². The van der Waals surface area contributed by atoms with Crippen LogP contribution in [0.1, 0.15) is 17.5 Å². The SMILES string of the molecule is O=C1NCCN(CCc2ccccc2)C1CC(=O)N1CCN(CC=Cc2ccccc2)CC1. The molecule has 2 aliphatic heterocycles. The van der Waals surface area contributed by atoms with Gasteiger partial charge in [0.05, 0.1) is 12.5 Å². The molecule has 1 unspecified atom stereocenters. The third-order valence-electron chi connectivity index (χ3n) is 6.54. The summed E-state index contributed by atoms with van der Waals surface area (Å²) in [5, 5.41) is 2.95. The van der Waals surface area contributed by atoms with Gasteiger partial charge < -0.3 is 10.2 Å². The van der Waals surface area contributed by atoms with Gasteiger partial charge in [0, 0.05) is 52.4 Å². The molecule has 0 spiro atoms. The number of benzene rings is 2. The molecule has 2 saturated heterocycles. The van der Waals surface area contributed by atoms with E-state index in [1.807, 2.05) is 41.3 Å². The minimum absolute atomic E-state index is 0.0210. The Morgan fingerprint density at radius 2 is 1.64 bits per heavy atom. The molecule has 2 heterocycles. The van der Waals surface area contributed by atoms with Crippen molar-refractivity contribution in [3.05, 3.63) is 77.9 Å². The molecule has 2 aromatic rings. The van der Waals surface area contributed by atoms with Gasteiger partial charge in [-0.1, -0.05) is 72.8 Å². The van der Waals surface area contributed by atoms with Crippen LogP contribution in [-0.4, -0.2) is 84.9 Å². The van der Waals surface area contributed by atoms with E-state index in [2.05, 4.69) is 51.5 Å². The van der Waals surface area contributed by atoms with E-state index in [1.165, 1.54) is 11.1 Å². The summed E-state index contributed by atoms with van der Waals surface area (Å²) < 4.78 is 0. The number of piperazine rings is 2. The van der Waals surface area contributed by atoms with Crippen LogP contribution in [0.3, 0.4) is 0 Å². The molecule has 2 aliphatic rings. The van der Waals surface area contributed by atoms with Crippen molar-refractivity contribution in [2.24, 2.45) is 0 Å². The van der Waals surface area contributed by atoms with Gasteiger partial charge in [0.15, 0.2) is 0 Å². The number of nitrogens with one attached hydrogen (secondary N) is 1. The van der Waals surface area contributed by atoms with E-state index in [0.29, 0.717) is 6.54 Å². The van der Waals surface area contributed by atoms with E-state index in [1.54, 1.807) is 0 Å². The van der Waals surface area contributed by atoms with E-state index < -0.39 is 0 Å². The molecule has 6 nitrogen and oxygen atoms in total. The van der Waals surface area contributed by atoms with Crippen molar-refractivity contribution in [3.8, 4) is 0 Å². The van der Waals surface area contributed by atoms with Crippen LogP contribution in [0.25, 0.3) is 6.08 Å². The van der Waals surface area contributed by atoms with Crippen LogP contribution in [0.5, 0.6) is 0 Å². The minimum Gasteiger partial charge on any atom is -0.353 e. The Morgan fingerprint density at radius 1 is 0.939 bits per heavy atom. The minimum atomic E-state index is -0.373. The first-order chi connectivity index (χ1) is 16.2. The lowest BCUT2D eigenvalue weighted by atomic mass is 10.1. The second kappa shape index (κ2) is 11.8. The smallest absolute Gasteiger partial charge is 0.237 e. The van der Waals surface area contributed by atoms with Crippen molar-refractivity contribution >= 4 is 17.9 Å². The van der Waals surface area contributed by atoms with Crippen molar-refractivity contribution in [3.63, 3.8) is 0 Å². The molecule has 2 fully saturated rings. The number of hydrogen-bond acceptors (Lipinski definition) is 4. The third kappa shape index (κ3) is 6.76. The molecule has 6 heteroatoms. The highest BCUT2D eigenvalue weighted by atomic mass is 16.2. The topological polar surface area (TPSA) is 55.9 Å². The van der Waals surface area contributed by atoms with Crippen LogP contribution in [0.15, 0.2) is 66.7 Å². The molecule has 0 radical (unpaired) electrons. The fourth-order valence-electron chi connectivity index (χ4n) is 4.55. The van der Waals surface area contributed by atoms with Crippen molar-refractivity contribution in [2.75, 3.05) is 52.4 Å². The quantitative estimate of drug-likeness (QED) is 0.676. The van der Waals surface area contributed by atoms with Crippen LogP contribution in [0, 0.1) is 0 Å². The average molecular weight is 447 g/mol. The fourth-order valence-corrected chi connectivity index (χ4v) is 4.55. The summed E-state index contributed by atoms with van der Waals surface area (Å²) in [6.45, 7) is 6.27. The molecule has 33 heavy (non-hydrogen) atoms. The third-order valence-corrected chi connectivity index (χ3v) is 6.54. The second-order valence-electron chi connectivity index (χ2n) is 8.78. The van der Waals surface area contributed by atoms with Crippen molar-refractivity contribution in [1.29, 1.82) is 0 Å². The average Bonchev–Trinajstić information content (AvgIpc) is 2.86. The molecule has 0 aromatic heterocycles. The zero-order chi connectivity index (χ0) is 22.9. The summed E-state index contributed by atoms with van der Waals surface area (Å²) >= 11 is 0. The number of amides is 2. The first kappa shape index (κ1) is 23.2. The largest absolute Gasteiger partial charge is 0.353 e. The maximum atomic E-state index is 13.0. The molecule has 1 atom stereocenters. The van der Waals surface area contributed by atoms with E-state index in [9.17, 15) is 9.59 Å². The summed E-state index contributed by atoms with van der Waals surface area (Å²) in [5.74, 6) is 0.0635. The molecule has 1 N–H and O–H groups in total. The predicted molar refractivity (Wildman–Crippen MR) is 132 cm³/mol. The summed E-state index contributed by atoms with van der Waals surface area (Å²) in [4.78, 5) is 32.1. The molecule has 0 saturated carbocycles. The summed E-state index contributed by atoms with van der Waals surface area (Å²) in [6.07, 6.45) is 5.47. The fraction of sp³-hybridized carbons (Fsp3) is 0.407. The zero-order valence-electron chi connectivity index (χ0n) is 19.2. The molecular formula is C27H34N4O2. The first-order valence-corrected chi connectivity index (χ1v) is 12.0. The molecule has 2 aromatic carbocycles. The lowest BCUT2D eigenvalue weighted by molar-refractivity contribution is -0.139. The Hall–Kier alpha value is -2.96. The summed E-state index contributed by atoms with van der Waals surface area (Å²) in [7, 11) is 0.